The summed E-state index contributed by atoms with van der Waals surface area (Å²) in [7, 11) is 0. The van der Waals surface area contributed by atoms with Gasteiger partial charge >= 0.3 is 6.18 Å². The van der Waals surface area contributed by atoms with E-state index in [0.717, 1.165) is 11.0 Å². The van der Waals surface area contributed by atoms with Crippen LogP contribution in [0.25, 0.3) is 0 Å². The molecule has 0 aliphatic rings. The van der Waals surface area contributed by atoms with Gasteiger partial charge < -0.3 is 0 Å². The molecule has 1 heterocycles. The molecule has 0 fully saturated rings. The van der Waals surface area contributed by atoms with Gasteiger partial charge in [0.05, 0.1) is 0 Å². The number of halogens is 3. The van der Waals surface area contributed by atoms with Crippen LogP contribution in [0.1, 0.15) is 53.3 Å². The number of hydrogen-bond acceptors (Lipinski definition) is 2. The molecule has 1 aromatic heterocycles. The topological polar surface area (TPSA) is 30.7 Å². The summed E-state index contributed by atoms with van der Waals surface area (Å²) in [5.41, 5.74) is 0. The Kier molecular flexibility index (Phi) is 9.70. The van der Waals surface area contributed by atoms with E-state index < -0.39 is 12.7 Å². The van der Waals surface area contributed by atoms with Crippen LogP contribution in [0.4, 0.5) is 13.2 Å². The number of alkyl halides is 3. The van der Waals surface area contributed by atoms with E-state index in [9.17, 15) is 13.2 Å². The molecule has 0 N–H and O–H groups in total. The first-order valence-corrected chi connectivity index (χ1v) is 5.84. The van der Waals surface area contributed by atoms with Crippen LogP contribution < -0.4 is 0 Å². The van der Waals surface area contributed by atoms with Crippen molar-refractivity contribution in [2.24, 2.45) is 0 Å². The minimum absolute atomic E-state index is 0.0504. The second kappa shape index (κ2) is 9.01. The van der Waals surface area contributed by atoms with Crippen molar-refractivity contribution in [3.8, 4) is 0 Å². The Hall–Kier alpha value is -1.07. The van der Waals surface area contributed by atoms with Crippen molar-refractivity contribution >= 4 is 0 Å². The summed E-state index contributed by atoms with van der Waals surface area (Å²) in [5, 5.41) is 3.68. The van der Waals surface area contributed by atoms with Crippen molar-refractivity contribution in [1.29, 1.82) is 0 Å². The Morgan fingerprint density at radius 1 is 1.18 bits per heavy atom. The molecular weight excluding hydrogens is 231 g/mol. The third-order valence-corrected chi connectivity index (χ3v) is 1.41. The molecule has 0 aliphatic heterocycles. The van der Waals surface area contributed by atoms with Crippen LogP contribution in [-0.4, -0.2) is 20.9 Å². The van der Waals surface area contributed by atoms with Crippen LogP contribution in [0.15, 0.2) is 6.33 Å². The van der Waals surface area contributed by atoms with Gasteiger partial charge in [-0.3, -0.25) is 0 Å². The molecule has 0 aliphatic carbocycles. The molecular formula is C11H22F3N3. The SMILES string of the molecule is CC.CC.CC(C)c1ncn(CC(F)(F)F)n1. The summed E-state index contributed by atoms with van der Waals surface area (Å²) < 4.78 is 36.4. The highest BCUT2D eigenvalue weighted by atomic mass is 19.4. The summed E-state index contributed by atoms with van der Waals surface area (Å²) in [6.07, 6.45) is -3.13. The highest BCUT2D eigenvalue weighted by Gasteiger charge is 2.28. The van der Waals surface area contributed by atoms with Gasteiger partial charge in [-0.1, -0.05) is 41.5 Å². The van der Waals surface area contributed by atoms with Gasteiger partial charge in [-0.2, -0.15) is 18.3 Å². The summed E-state index contributed by atoms with van der Waals surface area (Å²) in [4.78, 5) is 3.75. The fourth-order valence-electron chi connectivity index (χ4n) is 0.833. The normalized spacial score (nSPS) is 10.2. The first-order chi connectivity index (χ1) is 7.88. The number of aromatic nitrogens is 3. The molecule has 0 saturated heterocycles. The zero-order chi connectivity index (χ0) is 14.1. The smallest absolute Gasteiger partial charge is 0.244 e. The summed E-state index contributed by atoms with van der Waals surface area (Å²) in [6.45, 7) is 10.6. The Bertz CT molecular complexity index is 280. The molecule has 0 spiro atoms. The fourth-order valence-corrected chi connectivity index (χ4v) is 0.833. The minimum atomic E-state index is -4.23. The van der Waals surface area contributed by atoms with Gasteiger partial charge in [-0.05, 0) is 0 Å². The first-order valence-electron chi connectivity index (χ1n) is 5.84. The largest absolute Gasteiger partial charge is 0.408 e. The maximum absolute atomic E-state index is 11.9. The minimum Gasteiger partial charge on any atom is -0.244 e. The van der Waals surface area contributed by atoms with Gasteiger partial charge in [-0.25, -0.2) is 9.67 Å². The predicted molar refractivity (Wildman–Crippen MR) is 62.9 cm³/mol. The van der Waals surface area contributed by atoms with Crippen molar-refractivity contribution < 1.29 is 13.2 Å². The number of hydrogen-bond donors (Lipinski definition) is 0. The second-order valence-corrected chi connectivity index (χ2v) is 3.07. The Labute approximate surface area is 101 Å². The lowest BCUT2D eigenvalue weighted by atomic mass is 10.2. The van der Waals surface area contributed by atoms with Crippen LogP contribution in [0.2, 0.25) is 0 Å². The van der Waals surface area contributed by atoms with E-state index in [1.807, 2.05) is 41.5 Å². The van der Waals surface area contributed by atoms with Crippen molar-refractivity contribution in [3.63, 3.8) is 0 Å². The first kappa shape index (κ1) is 18.3. The number of nitrogens with zero attached hydrogens (tertiary/aromatic N) is 3. The van der Waals surface area contributed by atoms with E-state index in [0.29, 0.717) is 5.82 Å². The van der Waals surface area contributed by atoms with Crippen molar-refractivity contribution in [2.45, 2.75) is 60.2 Å². The molecule has 0 saturated carbocycles. The Morgan fingerprint density at radius 3 is 1.94 bits per heavy atom. The van der Waals surface area contributed by atoms with E-state index >= 15 is 0 Å². The molecule has 0 radical (unpaired) electrons. The molecule has 1 rings (SSSR count). The van der Waals surface area contributed by atoms with Gasteiger partial charge in [0.25, 0.3) is 0 Å². The summed E-state index contributed by atoms with van der Waals surface area (Å²) in [6, 6.07) is 0. The van der Waals surface area contributed by atoms with Gasteiger partial charge in [0.15, 0.2) is 5.82 Å². The third kappa shape index (κ3) is 8.71. The molecule has 0 aromatic carbocycles. The molecule has 0 amide bonds. The lowest BCUT2D eigenvalue weighted by molar-refractivity contribution is -0.142. The zero-order valence-electron chi connectivity index (χ0n) is 11.3. The van der Waals surface area contributed by atoms with Crippen LogP contribution in [0.3, 0.4) is 0 Å². The Balaban J connectivity index is 0. The lowest BCUT2D eigenvalue weighted by Crippen LogP contribution is -2.18. The number of rotatable bonds is 2. The van der Waals surface area contributed by atoms with Gasteiger partial charge in [0.1, 0.15) is 12.9 Å². The maximum atomic E-state index is 11.9. The highest BCUT2D eigenvalue weighted by Crippen LogP contribution is 2.17. The van der Waals surface area contributed by atoms with Crippen LogP contribution in [0.5, 0.6) is 0 Å². The molecule has 6 heteroatoms. The fraction of sp³-hybridized carbons (Fsp3) is 0.818. The molecule has 17 heavy (non-hydrogen) atoms. The van der Waals surface area contributed by atoms with Crippen LogP contribution in [0, 0.1) is 0 Å². The standard InChI is InChI=1S/C7H10F3N3.2C2H6/c1-5(2)6-11-4-13(12-6)3-7(8,9)10;2*1-2/h4-5H,3H2,1-2H3;2*1-2H3. The molecule has 0 bridgehead atoms. The van der Waals surface area contributed by atoms with Crippen molar-refractivity contribution in [3.05, 3.63) is 12.2 Å². The van der Waals surface area contributed by atoms with Gasteiger partial charge in [0, 0.05) is 5.92 Å². The van der Waals surface area contributed by atoms with E-state index in [-0.39, 0.29) is 5.92 Å². The summed E-state index contributed by atoms with van der Waals surface area (Å²) >= 11 is 0. The molecule has 102 valence electrons. The van der Waals surface area contributed by atoms with Gasteiger partial charge in [0.2, 0.25) is 0 Å². The maximum Gasteiger partial charge on any atom is 0.408 e. The average Bonchev–Trinajstić information content (AvgIpc) is 2.70. The van der Waals surface area contributed by atoms with E-state index in [1.165, 1.54) is 0 Å². The molecule has 0 atom stereocenters. The second-order valence-electron chi connectivity index (χ2n) is 3.07. The molecule has 0 unspecified atom stereocenters. The molecule has 1 aromatic rings. The quantitative estimate of drug-likeness (QED) is 0.797. The van der Waals surface area contributed by atoms with Crippen molar-refractivity contribution in [1.82, 2.24) is 14.8 Å². The van der Waals surface area contributed by atoms with E-state index in [2.05, 4.69) is 10.1 Å². The van der Waals surface area contributed by atoms with Crippen molar-refractivity contribution in [2.75, 3.05) is 0 Å². The summed E-state index contributed by atoms with van der Waals surface area (Å²) in [5.74, 6) is 0.485. The van der Waals surface area contributed by atoms with Crippen LogP contribution >= 0.6 is 0 Å². The monoisotopic (exact) mass is 253 g/mol. The zero-order valence-corrected chi connectivity index (χ0v) is 11.3. The molecule has 3 nitrogen and oxygen atoms in total. The average molecular weight is 253 g/mol. The lowest BCUT2D eigenvalue weighted by Gasteiger charge is -2.04. The third-order valence-electron chi connectivity index (χ3n) is 1.41. The predicted octanol–water partition coefficient (Wildman–Crippen LogP) is 4.02. The van der Waals surface area contributed by atoms with Crippen LogP contribution in [-0.2, 0) is 6.54 Å². The Morgan fingerprint density at radius 2 is 1.65 bits per heavy atom. The van der Waals surface area contributed by atoms with E-state index in [1.54, 1.807) is 0 Å². The highest BCUT2D eigenvalue weighted by molar-refractivity contribution is 4.88. The van der Waals surface area contributed by atoms with E-state index in [4.69, 9.17) is 0 Å². The van der Waals surface area contributed by atoms with Gasteiger partial charge in [-0.15, -0.1) is 0 Å².